The predicted molar refractivity (Wildman–Crippen MR) is 137 cm³/mol. The Balaban J connectivity index is 1.07. The molecule has 8 heteroatoms. The van der Waals surface area contributed by atoms with Crippen molar-refractivity contribution in [3.63, 3.8) is 0 Å². The smallest absolute Gasteiger partial charge is 0.247 e. The molecule has 0 radical (unpaired) electrons. The average Bonchev–Trinajstić information content (AvgIpc) is 3.57. The van der Waals surface area contributed by atoms with Gasteiger partial charge < -0.3 is 14.1 Å². The van der Waals surface area contributed by atoms with Crippen LogP contribution >= 0.6 is 23.1 Å². The second-order valence-corrected chi connectivity index (χ2v) is 10.7. The molecule has 0 amide bonds. The molecule has 1 aromatic carbocycles. The molecule has 1 aliphatic heterocycles. The summed E-state index contributed by atoms with van der Waals surface area (Å²) in [5, 5.41) is 10.6. The molecule has 0 spiro atoms. The van der Waals surface area contributed by atoms with Gasteiger partial charge in [0.05, 0.1) is 18.1 Å². The maximum atomic E-state index is 5.92. The fourth-order valence-corrected chi connectivity index (χ4v) is 5.95. The first-order valence-electron chi connectivity index (χ1n) is 12.0. The van der Waals surface area contributed by atoms with E-state index < -0.39 is 0 Å². The molecule has 1 atom stereocenters. The molecule has 1 aliphatic carbocycles. The molecule has 0 bridgehead atoms. The summed E-state index contributed by atoms with van der Waals surface area (Å²) in [4.78, 5) is 7.31. The molecule has 1 saturated heterocycles. The van der Waals surface area contributed by atoms with Crippen molar-refractivity contribution in [3.8, 4) is 17.2 Å². The zero-order valence-corrected chi connectivity index (χ0v) is 20.9. The van der Waals surface area contributed by atoms with Crippen LogP contribution in [0, 0.1) is 0 Å². The molecule has 0 N–H and O–H groups in total. The highest BCUT2D eigenvalue weighted by Gasteiger charge is 2.15. The standard InChI is InChI=1S/C26H30N4O2S2/c1-3-8-20(9-4-1)23-18-33-26(27-23)34-19-24-28-29-25(32-24)21-10-12-22(13-11-21)31-17-7-16-30-14-5-2-6-15-30/h1,3-4,8,10-13,18,20H,2,5-7,9,14-17,19H2. The highest BCUT2D eigenvalue weighted by atomic mass is 32.2. The fourth-order valence-electron chi connectivity index (χ4n) is 4.21. The van der Waals surface area contributed by atoms with E-state index in [2.05, 4.69) is 44.8 Å². The lowest BCUT2D eigenvalue weighted by atomic mass is 9.98. The van der Waals surface area contributed by atoms with Crippen molar-refractivity contribution < 1.29 is 9.15 Å². The van der Waals surface area contributed by atoms with Crippen molar-refractivity contribution in [2.45, 2.75) is 48.1 Å². The minimum absolute atomic E-state index is 0.382. The van der Waals surface area contributed by atoms with Crippen molar-refractivity contribution >= 4 is 23.1 Å². The van der Waals surface area contributed by atoms with Crippen molar-refractivity contribution in [1.82, 2.24) is 20.1 Å². The topological polar surface area (TPSA) is 64.3 Å². The summed E-state index contributed by atoms with van der Waals surface area (Å²) in [5.74, 6) is 3.01. The Kier molecular flexibility index (Phi) is 8.11. The molecule has 0 saturated carbocycles. The molecule has 3 heterocycles. The lowest BCUT2D eigenvalue weighted by Crippen LogP contribution is -2.31. The van der Waals surface area contributed by atoms with Crippen LogP contribution in [0.2, 0.25) is 0 Å². The Hall–Kier alpha value is -2.42. The van der Waals surface area contributed by atoms with Gasteiger partial charge in [-0.3, -0.25) is 0 Å². The summed E-state index contributed by atoms with van der Waals surface area (Å²) in [5.41, 5.74) is 2.03. The molecule has 1 fully saturated rings. The number of rotatable bonds is 10. The third-order valence-electron chi connectivity index (χ3n) is 6.08. The average molecular weight is 495 g/mol. The van der Waals surface area contributed by atoms with E-state index in [0.29, 0.717) is 23.5 Å². The zero-order chi connectivity index (χ0) is 23.0. The van der Waals surface area contributed by atoms with E-state index in [0.717, 1.165) is 47.3 Å². The molecule has 178 valence electrons. The van der Waals surface area contributed by atoms with Gasteiger partial charge in [0.25, 0.3) is 0 Å². The zero-order valence-electron chi connectivity index (χ0n) is 19.3. The fraction of sp³-hybridized carbons (Fsp3) is 0.423. The number of aromatic nitrogens is 3. The Morgan fingerprint density at radius 3 is 2.79 bits per heavy atom. The number of thiazole rings is 1. The van der Waals surface area contributed by atoms with Gasteiger partial charge in [0.1, 0.15) is 5.75 Å². The van der Waals surface area contributed by atoms with Gasteiger partial charge in [-0.05, 0) is 63.0 Å². The highest BCUT2D eigenvalue weighted by molar-refractivity contribution is 8.00. The van der Waals surface area contributed by atoms with E-state index in [-0.39, 0.29) is 0 Å². The molecule has 2 aromatic heterocycles. The Labute approximate surface area is 209 Å². The van der Waals surface area contributed by atoms with Crippen LogP contribution in [0.3, 0.4) is 0 Å². The van der Waals surface area contributed by atoms with E-state index in [4.69, 9.17) is 14.1 Å². The number of hydrogen-bond acceptors (Lipinski definition) is 8. The van der Waals surface area contributed by atoms with E-state index in [1.54, 1.807) is 23.1 Å². The van der Waals surface area contributed by atoms with Crippen molar-refractivity contribution in [2.24, 2.45) is 0 Å². The number of benzene rings is 1. The van der Waals surface area contributed by atoms with E-state index in [1.165, 1.54) is 32.4 Å². The molecular weight excluding hydrogens is 464 g/mol. The number of likely N-dealkylation sites (tertiary alicyclic amines) is 1. The van der Waals surface area contributed by atoms with E-state index >= 15 is 0 Å². The van der Waals surface area contributed by atoms with Gasteiger partial charge in [0.15, 0.2) is 4.34 Å². The van der Waals surface area contributed by atoms with Gasteiger partial charge in [0.2, 0.25) is 11.8 Å². The molecule has 34 heavy (non-hydrogen) atoms. The Morgan fingerprint density at radius 1 is 1.09 bits per heavy atom. The van der Waals surface area contributed by atoms with Crippen LogP contribution in [0.1, 0.15) is 49.6 Å². The van der Waals surface area contributed by atoms with Crippen LogP contribution < -0.4 is 4.74 Å². The first kappa shape index (κ1) is 23.3. The summed E-state index contributed by atoms with van der Waals surface area (Å²) in [6, 6.07) is 7.90. The Morgan fingerprint density at radius 2 is 1.97 bits per heavy atom. The number of nitrogens with zero attached hydrogens (tertiary/aromatic N) is 4. The van der Waals surface area contributed by atoms with Gasteiger partial charge in [-0.25, -0.2) is 4.98 Å². The second kappa shape index (κ2) is 11.8. The van der Waals surface area contributed by atoms with Crippen LogP contribution in [0.25, 0.3) is 11.5 Å². The SMILES string of the molecule is C1=CCC(c2csc(SCc3nnc(-c4ccc(OCCCN5CCCCC5)cc4)o3)n2)C=C1. The molecule has 5 rings (SSSR count). The van der Waals surface area contributed by atoms with Gasteiger partial charge in [-0.2, -0.15) is 0 Å². The number of thioether (sulfide) groups is 1. The third-order valence-corrected chi connectivity index (χ3v) is 8.11. The summed E-state index contributed by atoms with van der Waals surface area (Å²) in [6.45, 7) is 4.34. The first-order chi connectivity index (χ1) is 16.8. The van der Waals surface area contributed by atoms with Gasteiger partial charge in [-0.1, -0.05) is 42.5 Å². The second-order valence-electron chi connectivity index (χ2n) is 8.61. The minimum atomic E-state index is 0.382. The molecule has 3 aromatic rings. The van der Waals surface area contributed by atoms with Gasteiger partial charge in [-0.15, -0.1) is 21.5 Å². The monoisotopic (exact) mass is 494 g/mol. The van der Waals surface area contributed by atoms with E-state index in [1.807, 2.05) is 24.3 Å². The summed E-state index contributed by atoms with van der Waals surface area (Å²) >= 11 is 3.31. The lowest BCUT2D eigenvalue weighted by Gasteiger charge is -2.26. The van der Waals surface area contributed by atoms with Crippen molar-refractivity contribution in [3.05, 3.63) is 65.5 Å². The maximum Gasteiger partial charge on any atom is 0.247 e. The quantitative estimate of drug-likeness (QED) is 0.241. The molecule has 6 nitrogen and oxygen atoms in total. The largest absolute Gasteiger partial charge is 0.494 e. The Bertz CT molecular complexity index is 1100. The normalized spacial score (nSPS) is 18.4. The van der Waals surface area contributed by atoms with Crippen LogP contribution in [0.5, 0.6) is 5.75 Å². The van der Waals surface area contributed by atoms with Crippen molar-refractivity contribution in [1.29, 1.82) is 0 Å². The van der Waals surface area contributed by atoms with Gasteiger partial charge in [0, 0.05) is 23.4 Å². The first-order valence-corrected chi connectivity index (χ1v) is 13.9. The lowest BCUT2D eigenvalue weighted by molar-refractivity contribution is 0.205. The molecule has 1 unspecified atom stereocenters. The van der Waals surface area contributed by atoms with Crippen LogP contribution in [0.4, 0.5) is 0 Å². The number of ether oxygens (including phenoxy) is 1. The minimum Gasteiger partial charge on any atom is -0.494 e. The predicted octanol–water partition coefficient (Wildman–Crippen LogP) is 6.34. The third kappa shape index (κ3) is 6.37. The summed E-state index contributed by atoms with van der Waals surface area (Å²) < 4.78 is 12.8. The van der Waals surface area contributed by atoms with Gasteiger partial charge >= 0.3 is 0 Å². The van der Waals surface area contributed by atoms with Crippen LogP contribution in [0.15, 0.2) is 62.7 Å². The van der Waals surface area contributed by atoms with Crippen LogP contribution in [-0.4, -0.2) is 46.3 Å². The molecule has 2 aliphatic rings. The van der Waals surface area contributed by atoms with Crippen LogP contribution in [-0.2, 0) is 5.75 Å². The number of allylic oxidation sites excluding steroid dienone is 4. The maximum absolute atomic E-state index is 5.92. The van der Waals surface area contributed by atoms with E-state index in [9.17, 15) is 0 Å². The number of piperidine rings is 1. The highest BCUT2D eigenvalue weighted by Crippen LogP contribution is 2.32. The summed E-state index contributed by atoms with van der Waals surface area (Å²) in [7, 11) is 0. The molecular formula is C26H30N4O2S2. The summed E-state index contributed by atoms with van der Waals surface area (Å²) in [6.07, 6.45) is 14.7. The number of hydrogen-bond donors (Lipinski definition) is 0. The van der Waals surface area contributed by atoms with Crippen molar-refractivity contribution in [2.75, 3.05) is 26.2 Å².